The molecule has 1 fully saturated rings. The Kier molecular flexibility index (Phi) is 5.02. The molecule has 1 saturated heterocycles. The number of amides is 1. The molecular weight excluding hydrogens is 304 g/mol. The highest BCUT2D eigenvalue weighted by Crippen LogP contribution is 2.23. The third kappa shape index (κ3) is 4.50. The van der Waals surface area contributed by atoms with Gasteiger partial charge in [-0.15, -0.1) is 0 Å². The van der Waals surface area contributed by atoms with E-state index in [1.807, 2.05) is 0 Å². The fourth-order valence-electron chi connectivity index (χ4n) is 2.57. The van der Waals surface area contributed by atoms with Crippen LogP contribution in [0.3, 0.4) is 0 Å². The van der Waals surface area contributed by atoms with Crippen LogP contribution in [0.1, 0.15) is 44.0 Å². The molecule has 0 bridgehead atoms. The summed E-state index contributed by atoms with van der Waals surface area (Å²) in [5, 5.41) is 0. The lowest BCUT2D eigenvalue weighted by Gasteiger charge is -2.33. The van der Waals surface area contributed by atoms with E-state index in [-0.39, 0.29) is 17.9 Å². The van der Waals surface area contributed by atoms with Gasteiger partial charge in [-0.1, -0.05) is 0 Å². The maximum atomic E-state index is 13.3. The average molecular weight is 325 g/mol. The predicted molar refractivity (Wildman–Crippen MR) is 81.2 cm³/mol. The molecule has 0 N–H and O–H groups in total. The summed E-state index contributed by atoms with van der Waals surface area (Å²) in [6.07, 6.45) is 0.816. The van der Waals surface area contributed by atoms with Gasteiger partial charge in [0.1, 0.15) is 5.60 Å². The first-order valence-corrected chi connectivity index (χ1v) is 7.64. The van der Waals surface area contributed by atoms with E-state index < -0.39 is 29.2 Å². The standard InChI is InChI=1S/C17H21F2NO3/c1-17(2,3)23-16(22)20-8-4-5-12(10-20)15(21)11-6-7-13(18)14(19)9-11/h6-7,9,12H,4-5,8,10H2,1-3H3/t12-/m0/s1. The molecule has 4 nitrogen and oxygen atoms in total. The third-order valence-corrected chi connectivity index (χ3v) is 3.65. The van der Waals surface area contributed by atoms with Gasteiger partial charge in [-0.05, 0) is 51.8 Å². The number of nitrogens with zero attached hydrogens (tertiary/aromatic N) is 1. The maximum Gasteiger partial charge on any atom is 0.410 e. The summed E-state index contributed by atoms with van der Waals surface area (Å²) < 4.78 is 31.6. The second-order valence-electron chi connectivity index (χ2n) is 6.76. The van der Waals surface area contributed by atoms with Crippen molar-refractivity contribution < 1.29 is 23.1 Å². The van der Waals surface area contributed by atoms with Crippen LogP contribution in [0.2, 0.25) is 0 Å². The Bertz CT molecular complexity index is 610. The number of rotatable bonds is 2. The first-order chi connectivity index (χ1) is 10.7. The SMILES string of the molecule is CC(C)(C)OC(=O)N1CCC[C@H](C(=O)c2ccc(F)c(F)c2)C1. The predicted octanol–water partition coefficient (Wildman–Crippen LogP) is 3.79. The summed E-state index contributed by atoms with van der Waals surface area (Å²) in [5.74, 6) is -2.74. The molecule has 6 heteroatoms. The van der Waals surface area contributed by atoms with Crippen molar-refractivity contribution in [1.29, 1.82) is 0 Å². The largest absolute Gasteiger partial charge is 0.444 e. The number of benzene rings is 1. The highest BCUT2D eigenvalue weighted by Gasteiger charge is 2.31. The maximum absolute atomic E-state index is 13.3. The third-order valence-electron chi connectivity index (χ3n) is 3.65. The van der Waals surface area contributed by atoms with E-state index in [0.29, 0.717) is 19.4 Å². The van der Waals surface area contributed by atoms with E-state index in [2.05, 4.69) is 0 Å². The first kappa shape index (κ1) is 17.4. The zero-order valence-corrected chi connectivity index (χ0v) is 13.6. The molecule has 0 unspecified atom stereocenters. The summed E-state index contributed by atoms with van der Waals surface area (Å²) in [6, 6.07) is 3.12. The van der Waals surface area contributed by atoms with Crippen LogP contribution in [0.15, 0.2) is 18.2 Å². The van der Waals surface area contributed by atoms with E-state index in [4.69, 9.17) is 4.74 Å². The average Bonchev–Trinajstić information content (AvgIpc) is 2.48. The van der Waals surface area contributed by atoms with Crippen LogP contribution in [0, 0.1) is 17.6 Å². The molecule has 1 amide bonds. The summed E-state index contributed by atoms with van der Waals surface area (Å²) in [6.45, 7) is 6.08. The zero-order valence-electron chi connectivity index (χ0n) is 13.6. The number of hydrogen-bond acceptors (Lipinski definition) is 3. The summed E-state index contributed by atoms with van der Waals surface area (Å²) in [7, 11) is 0. The quantitative estimate of drug-likeness (QED) is 0.777. The number of ketones is 1. The summed E-state index contributed by atoms with van der Waals surface area (Å²) >= 11 is 0. The number of likely N-dealkylation sites (tertiary alicyclic amines) is 1. The molecule has 23 heavy (non-hydrogen) atoms. The lowest BCUT2D eigenvalue weighted by atomic mass is 9.90. The Morgan fingerprint density at radius 3 is 2.52 bits per heavy atom. The number of halogens is 2. The second kappa shape index (κ2) is 6.64. The van der Waals surface area contributed by atoms with Crippen molar-refractivity contribution in [2.24, 2.45) is 5.92 Å². The molecule has 1 heterocycles. The topological polar surface area (TPSA) is 46.6 Å². The van der Waals surface area contributed by atoms with Crippen LogP contribution < -0.4 is 0 Å². The van der Waals surface area contributed by atoms with Crippen molar-refractivity contribution in [3.8, 4) is 0 Å². The molecule has 0 aliphatic carbocycles. The number of hydrogen-bond donors (Lipinski definition) is 0. The van der Waals surface area contributed by atoms with Gasteiger partial charge in [0.05, 0.1) is 0 Å². The van der Waals surface area contributed by atoms with Crippen molar-refractivity contribution in [1.82, 2.24) is 4.90 Å². The molecule has 126 valence electrons. The van der Waals surface area contributed by atoms with Gasteiger partial charge < -0.3 is 9.64 Å². The Hall–Kier alpha value is -1.98. The number of carbonyl (C=O) groups is 2. The Morgan fingerprint density at radius 2 is 1.91 bits per heavy atom. The van der Waals surface area contributed by atoms with Gasteiger partial charge in [0.15, 0.2) is 17.4 Å². The highest BCUT2D eigenvalue weighted by atomic mass is 19.2. The molecule has 0 spiro atoms. The summed E-state index contributed by atoms with van der Waals surface area (Å²) in [5.41, 5.74) is -0.478. The van der Waals surface area contributed by atoms with Gasteiger partial charge in [0, 0.05) is 24.6 Å². The molecule has 1 aromatic carbocycles. The lowest BCUT2D eigenvalue weighted by molar-refractivity contribution is 0.0172. The van der Waals surface area contributed by atoms with Crippen LogP contribution in [-0.2, 0) is 4.74 Å². The van der Waals surface area contributed by atoms with E-state index in [9.17, 15) is 18.4 Å². The molecule has 0 aromatic heterocycles. The van der Waals surface area contributed by atoms with Gasteiger partial charge in [0.2, 0.25) is 0 Å². The second-order valence-corrected chi connectivity index (χ2v) is 6.76. The van der Waals surface area contributed by atoms with Crippen molar-refractivity contribution in [3.63, 3.8) is 0 Å². The molecule has 1 aliphatic rings. The zero-order chi connectivity index (χ0) is 17.2. The summed E-state index contributed by atoms with van der Waals surface area (Å²) in [4.78, 5) is 26.0. The van der Waals surface area contributed by atoms with Gasteiger partial charge >= 0.3 is 6.09 Å². The fraction of sp³-hybridized carbons (Fsp3) is 0.529. The van der Waals surface area contributed by atoms with E-state index in [1.165, 1.54) is 11.0 Å². The number of ether oxygens (including phenoxy) is 1. The fourth-order valence-corrected chi connectivity index (χ4v) is 2.57. The van der Waals surface area contributed by atoms with E-state index >= 15 is 0 Å². The molecule has 1 aromatic rings. The minimum Gasteiger partial charge on any atom is -0.444 e. The monoisotopic (exact) mass is 325 g/mol. The van der Waals surface area contributed by atoms with Crippen LogP contribution in [0.4, 0.5) is 13.6 Å². The molecule has 0 saturated carbocycles. The van der Waals surface area contributed by atoms with Crippen molar-refractivity contribution in [3.05, 3.63) is 35.4 Å². The molecule has 1 aliphatic heterocycles. The number of carbonyl (C=O) groups excluding carboxylic acids is 2. The highest BCUT2D eigenvalue weighted by molar-refractivity contribution is 5.98. The smallest absolute Gasteiger partial charge is 0.410 e. The Labute approximate surface area is 134 Å². The van der Waals surface area contributed by atoms with Gasteiger partial charge in [0.25, 0.3) is 0 Å². The minimum atomic E-state index is -1.05. The van der Waals surface area contributed by atoms with Crippen LogP contribution in [0.5, 0.6) is 0 Å². The Balaban J connectivity index is 2.07. The van der Waals surface area contributed by atoms with Crippen molar-refractivity contribution in [2.45, 2.75) is 39.2 Å². The van der Waals surface area contributed by atoms with Gasteiger partial charge in [-0.3, -0.25) is 4.79 Å². The van der Waals surface area contributed by atoms with Crippen LogP contribution >= 0.6 is 0 Å². The number of Topliss-reactive ketones (excluding diaryl/α,β-unsaturated/α-hetero) is 1. The molecule has 0 radical (unpaired) electrons. The normalized spacial score (nSPS) is 18.7. The molecule has 2 rings (SSSR count). The van der Waals surface area contributed by atoms with Crippen LogP contribution in [-0.4, -0.2) is 35.5 Å². The first-order valence-electron chi connectivity index (χ1n) is 7.64. The lowest BCUT2D eigenvalue weighted by Crippen LogP contribution is -2.44. The van der Waals surface area contributed by atoms with Gasteiger partial charge in [-0.25, -0.2) is 13.6 Å². The Morgan fingerprint density at radius 1 is 1.22 bits per heavy atom. The van der Waals surface area contributed by atoms with E-state index in [1.54, 1.807) is 20.8 Å². The van der Waals surface area contributed by atoms with E-state index in [0.717, 1.165) is 12.1 Å². The minimum absolute atomic E-state index is 0.125. The van der Waals surface area contributed by atoms with Crippen molar-refractivity contribution in [2.75, 3.05) is 13.1 Å². The van der Waals surface area contributed by atoms with Gasteiger partial charge in [-0.2, -0.15) is 0 Å². The van der Waals surface area contributed by atoms with Crippen molar-refractivity contribution >= 4 is 11.9 Å². The molecular formula is C17H21F2NO3. The van der Waals surface area contributed by atoms with Crippen LogP contribution in [0.25, 0.3) is 0 Å². The molecule has 1 atom stereocenters. The number of piperidine rings is 1.